The van der Waals surface area contributed by atoms with Gasteiger partial charge in [-0.05, 0) is 36.6 Å². The van der Waals surface area contributed by atoms with Crippen molar-refractivity contribution in [2.24, 2.45) is 5.41 Å². The quantitative estimate of drug-likeness (QED) is 0.821. The van der Waals surface area contributed by atoms with Crippen LogP contribution in [0.25, 0.3) is 5.69 Å². The van der Waals surface area contributed by atoms with Crippen LogP contribution in [0.5, 0.6) is 0 Å². The molecule has 0 spiro atoms. The molecule has 0 aliphatic carbocycles. The van der Waals surface area contributed by atoms with Crippen LogP contribution in [0.1, 0.15) is 42.2 Å². The summed E-state index contributed by atoms with van der Waals surface area (Å²) in [5.74, 6) is -1.58. The average Bonchev–Trinajstić information content (AvgIpc) is 3.28. The molecule has 2 heterocycles. The summed E-state index contributed by atoms with van der Waals surface area (Å²) in [6.07, 6.45) is 1.84. The monoisotopic (exact) mass is 389 g/mol. The van der Waals surface area contributed by atoms with E-state index >= 15 is 0 Å². The molecule has 2 aromatic rings. The predicted octanol–water partition coefficient (Wildman–Crippen LogP) is 2.70. The van der Waals surface area contributed by atoms with Gasteiger partial charge in [-0.25, -0.2) is 9.07 Å². The molecule has 1 aliphatic heterocycles. The Kier molecular flexibility index (Phi) is 5.51. The summed E-state index contributed by atoms with van der Waals surface area (Å²) in [5, 5.41) is 14.0. The summed E-state index contributed by atoms with van der Waals surface area (Å²) in [6.45, 7) is 4.38. The Morgan fingerprint density at radius 2 is 2.00 bits per heavy atom. The molecule has 1 fully saturated rings. The largest absolute Gasteiger partial charge is 0.481 e. The van der Waals surface area contributed by atoms with Gasteiger partial charge in [0.15, 0.2) is 0 Å². The number of carboxylic acid groups (broad SMARTS) is 1. The second kappa shape index (κ2) is 7.71. The van der Waals surface area contributed by atoms with Crippen molar-refractivity contribution in [2.75, 3.05) is 26.8 Å². The molecule has 1 aromatic carbocycles. The number of carbonyl (C=O) groups is 2. The molecule has 1 N–H and O–H groups in total. The van der Waals surface area contributed by atoms with Crippen LogP contribution < -0.4 is 0 Å². The number of rotatable bonds is 6. The van der Waals surface area contributed by atoms with E-state index in [0.29, 0.717) is 29.9 Å². The number of hydrogen-bond acceptors (Lipinski definition) is 4. The van der Waals surface area contributed by atoms with Crippen molar-refractivity contribution in [3.8, 4) is 5.69 Å². The zero-order chi connectivity index (χ0) is 20.5. The first kappa shape index (κ1) is 20.0. The Morgan fingerprint density at radius 1 is 1.32 bits per heavy atom. The predicted molar refractivity (Wildman–Crippen MR) is 100 cm³/mol. The number of carbonyl (C=O) groups excluding carboxylic acids is 1. The van der Waals surface area contributed by atoms with Gasteiger partial charge >= 0.3 is 5.97 Å². The number of carboxylic acids is 1. The molecule has 1 atom stereocenters. The van der Waals surface area contributed by atoms with Crippen LogP contribution in [0.2, 0.25) is 0 Å². The van der Waals surface area contributed by atoms with Crippen molar-refractivity contribution < 1.29 is 23.8 Å². The molecule has 28 heavy (non-hydrogen) atoms. The molecule has 150 valence electrons. The van der Waals surface area contributed by atoms with Crippen LogP contribution >= 0.6 is 0 Å². The van der Waals surface area contributed by atoms with Crippen molar-refractivity contribution in [1.82, 2.24) is 14.7 Å². The number of amides is 1. The number of likely N-dealkylation sites (tertiary alicyclic amines) is 1. The summed E-state index contributed by atoms with van der Waals surface area (Å²) in [5.41, 5.74) is 0.703. The van der Waals surface area contributed by atoms with E-state index in [4.69, 9.17) is 4.74 Å². The van der Waals surface area contributed by atoms with E-state index in [2.05, 4.69) is 5.10 Å². The van der Waals surface area contributed by atoms with Gasteiger partial charge in [-0.2, -0.15) is 5.10 Å². The maximum atomic E-state index is 13.3. The van der Waals surface area contributed by atoms with Gasteiger partial charge in [0.2, 0.25) is 0 Å². The Labute approximate surface area is 162 Å². The van der Waals surface area contributed by atoms with Gasteiger partial charge in [-0.15, -0.1) is 0 Å². The standard InChI is InChI=1S/C20H24FN3O4/c1-13(2)17-16(10-22-24(17)15-6-4-14(21)5-7-15)18(25)23-9-8-20(11-23,12-28-3)19(26)27/h4-7,10,13H,8-9,11-12H2,1-3H3,(H,26,27). The Hall–Kier alpha value is -2.74. The average molecular weight is 389 g/mol. The van der Waals surface area contributed by atoms with Crippen LogP contribution in [-0.4, -0.2) is 58.5 Å². The highest BCUT2D eigenvalue weighted by Gasteiger charge is 2.47. The van der Waals surface area contributed by atoms with Crippen LogP contribution in [0, 0.1) is 11.2 Å². The van der Waals surface area contributed by atoms with Crippen molar-refractivity contribution in [2.45, 2.75) is 26.2 Å². The zero-order valence-electron chi connectivity index (χ0n) is 16.2. The lowest BCUT2D eigenvalue weighted by Gasteiger charge is -2.24. The van der Waals surface area contributed by atoms with Crippen LogP contribution in [0.3, 0.4) is 0 Å². The number of hydrogen-bond donors (Lipinski definition) is 1. The maximum Gasteiger partial charge on any atom is 0.313 e. The van der Waals surface area contributed by atoms with Crippen LogP contribution in [0.4, 0.5) is 4.39 Å². The normalized spacial score (nSPS) is 19.4. The van der Waals surface area contributed by atoms with Gasteiger partial charge in [0.1, 0.15) is 11.2 Å². The molecule has 1 aliphatic rings. The Balaban J connectivity index is 1.93. The first-order chi connectivity index (χ1) is 13.3. The SMILES string of the molecule is COCC1(C(=O)O)CCN(C(=O)c2cnn(-c3ccc(F)cc3)c2C(C)C)C1. The van der Waals surface area contributed by atoms with Gasteiger partial charge in [0, 0.05) is 20.2 Å². The summed E-state index contributed by atoms with van der Waals surface area (Å²) in [4.78, 5) is 26.5. The van der Waals surface area contributed by atoms with Gasteiger partial charge in [-0.1, -0.05) is 13.8 Å². The fraction of sp³-hybridized carbons (Fsp3) is 0.450. The number of ether oxygens (including phenoxy) is 1. The maximum absolute atomic E-state index is 13.3. The van der Waals surface area contributed by atoms with Gasteiger partial charge in [0.05, 0.1) is 29.7 Å². The fourth-order valence-electron chi connectivity index (χ4n) is 3.71. The molecule has 1 unspecified atom stereocenters. The molecule has 1 aromatic heterocycles. The smallest absolute Gasteiger partial charge is 0.313 e. The first-order valence-electron chi connectivity index (χ1n) is 9.14. The molecule has 0 saturated carbocycles. The van der Waals surface area contributed by atoms with E-state index in [-0.39, 0.29) is 30.8 Å². The van der Waals surface area contributed by atoms with Gasteiger partial charge < -0.3 is 14.7 Å². The number of benzene rings is 1. The van der Waals surface area contributed by atoms with E-state index in [1.54, 1.807) is 21.7 Å². The molecular formula is C20H24FN3O4. The first-order valence-corrected chi connectivity index (χ1v) is 9.14. The second-order valence-corrected chi connectivity index (χ2v) is 7.48. The summed E-state index contributed by atoms with van der Waals surface area (Å²) < 4.78 is 20.0. The molecule has 1 saturated heterocycles. The molecular weight excluding hydrogens is 365 g/mol. The Bertz CT molecular complexity index is 878. The summed E-state index contributed by atoms with van der Waals surface area (Å²) >= 11 is 0. The minimum absolute atomic E-state index is 0.0164. The van der Waals surface area contributed by atoms with E-state index in [1.165, 1.54) is 25.4 Å². The molecule has 7 nitrogen and oxygen atoms in total. The molecule has 0 radical (unpaired) electrons. The highest BCUT2D eigenvalue weighted by Crippen LogP contribution is 2.33. The van der Waals surface area contributed by atoms with E-state index in [9.17, 15) is 19.1 Å². The summed E-state index contributed by atoms with van der Waals surface area (Å²) in [7, 11) is 1.46. The topological polar surface area (TPSA) is 84.7 Å². The minimum Gasteiger partial charge on any atom is -0.481 e. The van der Waals surface area contributed by atoms with Crippen LogP contribution in [0.15, 0.2) is 30.5 Å². The zero-order valence-corrected chi connectivity index (χ0v) is 16.2. The van der Waals surface area contributed by atoms with Crippen molar-refractivity contribution in [1.29, 1.82) is 0 Å². The number of aliphatic carboxylic acids is 1. The van der Waals surface area contributed by atoms with Crippen molar-refractivity contribution in [3.63, 3.8) is 0 Å². The van der Waals surface area contributed by atoms with E-state index in [0.717, 1.165) is 0 Å². The molecule has 8 heteroatoms. The van der Waals surface area contributed by atoms with Crippen molar-refractivity contribution in [3.05, 3.63) is 47.5 Å². The highest BCUT2D eigenvalue weighted by atomic mass is 19.1. The lowest BCUT2D eigenvalue weighted by Crippen LogP contribution is -2.40. The molecule has 1 amide bonds. The van der Waals surface area contributed by atoms with E-state index in [1.807, 2.05) is 13.8 Å². The number of nitrogens with zero attached hydrogens (tertiary/aromatic N) is 3. The molecule has 3 rings (SSSR count). The van der Waals surface area contributed by atoms with Crippen molar-refractivity contribution >= 4 is 11.9 Å². The third-order valence-corrected chi connectivity index (χ3v) is 5.17. The Morgan fingerprint density at radius 3 is 2.57 bits per heavy atom. The third kappa shape index (κ3) is 3.52. The van der Waals surface area contributed by atoms with Crippen LogP contribution in [-0.2, 0) is 9.53 Å². The minimum atomic E-state index is -1.09. The number of halogens is 1. The number of aromatic nitrogens is 2. The second-order valence-electron chi connectivity index (χ2n) is 7.48. The van der Waals surface area contributed by atoms with Gasteiger partial charge in [-0.3, -0.25) is 9.59 Å². The lowest BCUT2D eigenvalue weighted by atomic mass is 9.88. The lowest BCUT2D eigenvalue weighted by molar-refractivity contribution is -0.151. The third-order valence-electron chi connectivity index (χ3n) is 5.17. The fourth-order valence-corrected chi connectivity index (χ4v) is 3.71. The molecule has 0 bridgehead atoms. The summed E-state index contributed by atoms with van der Waals surface area (Å²) in [6, 6.07) is 5.89. The highest BCUT2D eigenvalue weighted by molar-refractivity contribution is 5.96. The number of methoxy groups -OCH3 is 1. The van der Waals surface area contributed by atoms with Gasteiger partial charge in [0.25, 0.3) is 5.91 Å². The van der Waals surface area contributed by atoms with E-state index < -0.39 is 11.4 Å².